The zero-order valence-electron chi connectivity index (χ0n) is 13.8. The molecule has 2 aromatic rings. The number of nitrogens with zero attached hydrogens (tertiary/aromatic N) is 3. The van der Waals surface area contributed by atoms with Gasteiger partial charge in [-0.3, -0.25) is 9.36 Å². The summed E-state index contributed by atoms with van der Waals surface area (Å²) in [7, 11) is 0. The van der Waals surface area contributed by atoms with E-state index in [-0.39, 0.29) is 36.7 Å². The Labute approximate surface area is 151 Å². The molecule has 0 aliphatic heterocycles. The number of aryl methyl sites for hydroxylation is 2. The molecular formula is C16H20ClN5O3. The van der Waals surface area contributed by atoms with Gasteiger partial charge in [-0.1, -0.05) is 6.07 Å². The first-order valence-corrected chi connectivity index (χ1v) is 7.80. The second-order valence-electron chi connectivity index (χ2n) is 6.00. The van der Waals surface area contributed by atoms with Crippen LogP contribution in [0.4, 0.5) is 11.5 Å². The van der Waals surface area contributed by atoms with E-state index in [0.717, 1.165) is 30.5 Å². The Morgan fingerprint density at radius 3 is 2.96 bits per heavy atom. The molecule has 1 unspecified atom stereocenters. The lowest BCUT2D eigenvalue weighted by Crippen LogP contribution is -2.33. The van der Waals surface area contributed by atoms with Gasteiger partial charge < -0.3 is 21.2 Å². The van der Waals surface area contributed by atoms with E-state index in [0.29, 0.717) is 5.82 Å². The minimum atomic E-state index is -0.566. The van der Waals surface area contributed by atoms with Crippen LogP contribution in [0.25, 0.3) is 0 Å². The van der Waals surface area contributed by atoms with E-state index in [1.165, 1.54) is 16.3 Å². The number of anilines is 1. The Bertz CT molecular complexity index is 805. The number of nitro groups is 1. The number of nitrogen functional groups attached to an aromatic ring is 1. The van der Waals surface area contributed by atoms with Crippen molar-refractivity contribution in [2.45, 2.75) is 38.8 Å². The standard InChI is InChI=1S/C16H19N5O3.ClH/c1-10-18-15(21(23)24)8-20(10)9-16(22)19-14-4-2-3-11-7-12(17)5-6-13(11)14;/h5-8,14H,2-4,9,17H2,1H3,(H,19,22);1H. The van der Waals surface area contributed by atoms with Crippen LogP contribution in [0.15, 0.2) is 24.4 Å². The molecule has 1 atom stereocenters. The number of aromatic nitrogens is 2. The summed E-state index contributed by atoms with van der Waals surface area (Å²) in [6.45, 7) is 1.65. The highest BCUT2D eigenvalue weighted by molar-refractivity contribution is 5.85. The Kier molecular flexibility index (Phi) is 5.63. The van der Waals surface area contributed by atoms with Gasteiger partial charge in [0.2, 0.25) is 11.7 Å². The number of nitrogens with one attached hydrogen (secondary N) is 1. The normalized spacial score (nSPS) is 15.8. The van der Waals surface area contributed by atoms with E-state index in [2.05, 4.69) is 10.3 Å². The van der Waals surface area contributed by atoms with E-state index in [1.54, 1.807) is 6.92 Å². The highest BCUT2D eigenvalue weighted by Gasteiger charge is 2.23. The van der Waals surface area contributed by atoms with Crippen LogP contribution in [0.2, 0.25) is 0 Å². The molecule has 1 amide bonds. The lowest BCUT2D eigenvalue weighted by Gasteiger charge is -2.26. The number of hydrogen-bond donors (Lipinski definition) is 2. The van der Waals surface area contributed by atoms with Crippen LogP contribution in [-0.2, 0) is 17.8 Å². The third-order valence-electron chi connectivity index (χ3n) is 4.28. The third kappa shape index (κ3) is 4.08. The number of carbonyl (C=O) groups is 1. The Balaban J connectivity index is 0.00000225. The first-order valence-electron chi connectivity index (χ1n) is 7.80. The van der Waals surface area contributed by atoms with Crippen molar-refractivity contribution in [2.24, 2.45) is 0 Å². The molecular weight excluding hydrogens is 346 g/mol. The van der Waals surface area contributed by atoms with Gasteiger partial charge in [0.15, 0.2) is 0 Å². The highest BCUT2D eigenvalue weighted by Crippen LogP contribution is 2.30. The summed E-state index contributed by atoms with van der Waals surface area (Å²) >= 11 is 0. The highest BCUT2D eigenvalue weighted by atomic mass is 35.5. The summed E-state index contributed by atoms with van der Waals surface area (Å²) in [5.41, 5.74) is 8.81. The van der Waals surface area contributed by atoms with Crippen molar-refractivity contribution in [2.75, 3.05) is 5.73 Å². The van der Waals surface area contributed by atoms with Gasteiger partial charge in [-0.05, 0) is 52.4 Å². The lowest BCUT2D eigenvalue weighted by molar-refractivity contribution is -0.389. The fraction of sp³-hybridized carbons (Fsp3) is 0.375. The van der Waals surface area contributed by atoms with Crippen molar-refractivity contribution in [3.05, 3.63) is 51.5 Å². The van der Waals surface area contributed by atoms with Gasteiger partial charge in [0.05, 0.1) is 6.04 Å². The van der Waals surface area contributed by atoms with Crippen molar-refractivity contribution in [1.29, 1.82) is 0 Å². The minimum absolute atomic E-state index is 0. The molecule has 0 radical (unpaired) electrons. The van der Waals surface area contributed by atoms with Gasteiger partial charge in [-0.15, -0.1) is 12.4 Å². The van der Waals surface area contributed by atoms with Gasteiger partial charge in [0, 0.05) is 12.6 Å². The van der Waals surface area contributed by atoms with Crippen molar-refractivity contribution >= 4 is 29.8 Å². The van der Waals surface area contributed by atoms with Crippen LogP contribution in [-0.4, -0.2) is 20.4 Å². The Hall–Kier alpha value is -2.61. The van der Waals surface area contributed by atoms with E-state index in [4.69, 9.17) is 5.73 Å². The largest absolute Gasteiger partial charge is 0.399 e. The van der Waals surface area contributed by atoms with Gasteiger partial charge in [0.25, 0.3) is 0 Å². The molecule has 134 valence electrons. The summed E-state index contributed by atoms with van der Waals surface area (Å²) < 4.78 is 1.49. The molecule has 3 N–H and O–H groups in total. The maximum Gasteiger partial charge on any atom is 0.381 e. The molecule has 25 heavy (non-hydrogen) atoms. The summed E-state index contributed by atoms with van der Waals surface area (Å²) in [6.07, 6.45) is 4.09. The summed E-state index contributed by atoms with van der Waals surface area (Å²) in [6, 6.07) is 5.70. The molecule has 8 nitrogen and oxygen atoms in total. The van der Waals surface area contributed by atoms with E-state index < -0.39 is 4.92 Å². The summed E-state index contributed by atoms with van der Waals surface area (Å²) in [5.74, 6) is -0.00692. The van der Waals surface area contributed by atoms with Gasteiger partial charge >= 0.3 is 5.82 Å². The molecule has 0 bridgehead atoms. The fourth-order valence-corrected chi connectivity index (χ4v) is 3.12. The smallest absolute Gasteiger partial charge is 0.381 e. The molecule has 9 heteroatoms. The number of carbonyl (C=O) groups excluding carboxylic acids is 1. The van der Waals surface area contributed by atoms with Crippen LogP contribution >= 0.6 is 12.4 Å². The van der Waals surface area contributed by atoms with Crippen LogP contribution in [0.5, 0.6) is 0 Å². The topological polar surface area (TPSA) is 116 Å². The molecule has 1 aliphatic rings. The number of amides is 1. The third-order valence-corrected chi connectivity index (χ3v) is 4.28. The Morgan fingerprint density at radius 1 is 1.52 bits per heavy atom. The van der Waals surface area contributed by atoms with Gasteiger partial charge in [0.1, 0.15) is 12.7 Å². The zero-order valence-corrected chi connectivity index (χ0v) is 14.6. The number of imidazole rings is 1. The predicted molar refractivity (Wildman–Crippen MR) is 95.5 cm³/mol. The average molecular weight is 366 g/mol. The maximum absolute atomic E-state index is 12.3. The molecule has 0 fully saturated rings. The number of fused-ring (bicyclic) bond motifs is 1. The van der Waals surface area contributed by atoms with Gasteiger partial charge in [-0.2, -0.15) is 0 Å². The van der Waals surface area contributed by atoms with Crippen LogP contribution in [0, 0.1) is 17.0 Å². The SMILES string of the molecule is Cc1nc([N+](=O)[O-])cn1CC(=O)NC1CCCc2cc(N)ccc21.Cl. The molecule has 1 aliphatic carbocycles. The molecule has 0 saturated carbocycles. The van der Waals surface area contributed by atoms with Gasteiger partial charge in [-0.25, -0.2) is 0 Å². The molecule has 1 heterocycles. The van der Waals surface area contributed by atoms with E-state index in [9.17, 15) is 14.9 Å². The van der Waals surface area contributed by atoms with Crippen LogP contribution < -0.4 is 11.1 Å². The van der Waals surface area contributed by atoms with Crippen molar-refractivity contribution in [3.8, 4) is 0 Å². The number of nitrogens with two attached hydrogens (primary N) is 1. The molecule has 0 saturated heterocycles. The molecule has 1 aromatic heterocycles. The molecule has 0 spiro atoms. The molecule has 3 rings (SSSR count). The van der Waals surface area contributed by atoms with Crippen molar-refractivity contribution in [3.63, 3.8) is 0 Å². The second kappa shape index (κ2) is 7.52. The van der Waals surface area contributed by atoms with Crippen LogP contribution in [0.3, 0.4) is 0 Å². The quantitative estimate of drug-likeness (QED) is 0.490. The number of benzene rings is 1. The number of rotatable bonds is 4. The van der Waals surface area contributed by atoms with Crippen molar-refractivity contribution < 1.29 is 9.72 Å². The van der Waals surface area contributed by atoms with Crippen LogP contribution in [0.1, 0.15) is 35.8 Å². The second-order valence-corrected chi connectivity index (χ2v) is 6.00. The minimum Gasteiger partial charge on any atom is -0.399 e. The average Bonchev–Trinajstić information content (AvgIpc) is 2.88. The lowest BCUT2D eigenvalue weighted by atomic mass is 9.87. The summed E-state index contributed by atoms with van der Waals surface area (Å²) in [5, 5.41) is 13.8. The maximum atomic E-state index is 12.3. The predicted octanol–water partition coefficient (Wildman–Crippen LogP) is 2.30. The molecule has 1 aromatic carbocycles. The van der Waals surface area contributed by atoms with E-state index >= 15 is 0 Å². The fourth-order valence-electron chi connectivity index (χ4n) is 3.12. The number of hydrogen-bond acceptors (Lipinski definition) is 5. The first-order chi connectivity index (χ1) is 11.4. The zero-order chi connectivity index (χ0) is 17.3. The monoisotopic (exact) mass is 365 g/mol. The first kappa shape index (κ1) is 18.7. The summed E-state index contributed by atoms with van der Waals surface area (Å²) in [4.78, 5) is 26.3. The number of halogens is 1. The Morgan fingerprint density at radius 2 is 2.28 bits per heavy atom. The van der Waals surface area contributed by atoms with E-state index in [1.807, 2.05) is 18.2 Å². The van der Waals surface area contributed by atoms with Crippen molar-refractivity contribution in [1.82, 2.24) is 14.9 Å².